The van der Waals surface area contributed by atoms with Gasteiger partial charge in [-0.05, 0) is 31.5 Å². The molecule has 0 aromatic heterocycles. The minimum atomic E-state index is -0.203. The zero-order valence-electron chi connectivity index (χ0n) is 8.34. The van der Waals surface area contributed by atoms with Crippen LogP contribution in [0.1, 0.15) is 25.5 Å². The van der Waals surface area contributed by atoms with Crippen molar-refractivity contribution in [3.8, 4) is 0 Å². The standard InChI is InChI=1S/C11H14FIO/c1-8(2)14-11(7-13)9-3-5-10(12)6-4-9/h3-6,8,11H,7H2,1-2H3. The Morgan fingerprint density at radius 3 is 2.29 bits per heavy atom. The average Bonchev–Trinajstić information content (AvgIpc) is 2.15. The van der Waals surface area contributed by atoms with Crippen molar-refractivity contribution in [1.82, 2.24) is 0 Å². The third-order valence-corrected chi connectivity index (χ3v) is 2.62. The van der Waals surface area contributed by atoms with E-state index in [1.54, 1.807) is 12.1 Å². The lowest BCUT2D eigenvalue weighted by molar-refractivity contribution is 0.0223. The fourth-order valence-corrected chi connectivity index (χ4v) is 1.93. The van der Waals surface area contributed by atoms with E-state index in [-0.39, 0.29) is 18.0 Å². The van der Waals surface area contributed by atoms with E-state index in [1.807, 2.05) is 13.8 Å². The van der Waals surface area contributed by atoms with Gasteiger partial charge < -0.3 is 4.74 Å². The number of hydrogen-bond acceptors (Lipinski definition) is 1. The van der Waals surface area contributed by atoms with E-state index < -0.39 is 0 Å². The summed E-state index contributed by atoms with van der Waals surface area (Å²) < 4.78 is 19.2. The maximum Gasteiger partial charge on any atom is 0.123 e. The minimum Gasteiger partial charge on any atom is -0.370 e. The molecule has 1 nitrogen and oxygen atoms in total. The van der Waals surface area contributed by atoms with Crippen molar-refractivity contribution in [2.24, 2.45) is 0 Å². The summed E-state index contributed by atoms with van der Waals surface area (Å²) in [7, 11) is 0. The molecule has 0 fully saturated rings. The second kappa shape index (κ2) is 5.66. The van der Waals surface area contributed by atoms with Crippen LogP contribution in [0.25, 0.3) is 0 Å². The van der Waals surface area contributed by atoms with Gasteiger partial charge >= 0.3 is 0 Å². The van der Waals surface area contributed by atoms with E-state index in [0.717, 1.165) is 9.99 Å². The van der Waals surface area contributed by atoms with Crippen LogP contribution in [-0.2, 0) is 4.74 Å². The molecular formula is C11H14FIO. The molecule has 1 unspecified atom stereocenters. The van der Waals surface area contributed by atoms with Gasteiger partial charge in [-0.2, -0.15) is 0 Å². The molecule has 1 rings (SSSR count). The highest BCUT2D eigenvalue weighted by molar-refractivity contribution is 14.1. The molecule has 0 aliphatic rings. The molecule has 0 bridgehead atoms. The summed E-state index contributed by atoms with van der Waals surface area (Å²) >= 11 is 2.28. The van der Waals surface area contributed by atoms with Crippen molar-refractivity contribution >= 4 is 22.6 Å². The Morgan fingerprint density at radius 1 is 1.29 bits per heavy atom. The zero-order chi connectivity index (χ0) is 10.6. The zero-order valence-corrected chi connectivity index (χ0v) is 10.5. The molecule has 1 atom stereocenters. The molecule has 14 heavy (non-hydrogen) atoms. The number of ether oxygens (including phenoxy) is 1. The van der Waals surface area contributed by atoms with Crippen LogP contribution >= 0.6 is 22.6 Å². The third-order valence-electron chi connectivity index (χ3n) is 1.82. The van der Waals surface area contributed by atoms with Crippen molar-refractivity contribution < 1.29 is 9.13 Å². The first-order chi connectivity index (χ1) is 6.63. The summed E-state index contributed by atoms with van der Waals surface area (Å²) in [6.07, 6.45) is 0.260. The maximum absolute atomic E-state index is 12.7. The summed E-state index contributed by atoms with van der Waals surface area (Å²) in [6, 6.07) is 6.50. The van der Waals surface area contributed by atoms with Gasteiger partial charge in [0.05, 0.1) is 12.2 Å². The lowest BCUT2D eigenvalue weighted by atomic mass is 10.1. The lowest BCUT2D eigenvalue weighted by Gasteiger charge is -2.18. The minimum absolute atomic E-state index is 0.0659. The molecule has 0 radical (unpaired) electrons. The van der Waals surface area contributed by atoms with Crippen LogP contribution in [0.15, 0.2) is 24.3 Å². The van der Waals surface area contributed by atoms with Crippen LogP contribution in [0, 0.1) is 5.82 Å². The summed E-state index contributed by atoms with van der Waals surface area (Å²) in [5.41, 5.74) is 1.04. The van der Waals surface area contributed by atoms with E-state index in [4.69, 9.17) is 4.74 Å². The van der Waals surface area contributed by atoms with Crippen LogP contribution in [0.5, 0.6) is 0 Å². The molecule has 0 amide bonds. The fraction of sp³-hybridized carbons (Fsp3) is 0.455. The van der Waals surface area contributed by atoms with Gasteiger partial charge in [0.1, 0.15) is 5.82 Å². The first kappa shape index (κ1) is 11.9. The molecule has 0 aliphatic carbocycles. The van der Waals surface area contributed by atoms with Gasteiger partial charge in [0.15, 0.2) is 0 Å². The summed E-state index contributed by atoms with van der Waals surface area (Å²) in [6.45, 7) is 4.01. The van der Waals surface area contributed by atoms with Crippen LogP contribution in [0.4, 0.5) is 4.39 Å². The number of alkyl halides is 1. The van der Waals surface area contributed by atoms with Gasteiger partial charge in [0.25, 0.3) is 0 Å². The fourth-order valence-electron chi connectivity index (χ4n) is 1.21. The number of hydrogen-bond donors (Lipinski definition) is 0. The van der Waals surface area contributed by atoms with Crippen LogP contribution in [-0.4, -0.2) is 10.5 Å². The second-order valence-electron chi connectivity index (χ2n) is 3.38. The van der Waals surface area contributed by atoms with E-state index in [2.05, 4.69) is 22.6 Å². The highest BCUT2D eigenvalue weighted by Gasteiger charge is 2.11. The summed E-state index contributed by atoms with van der Waals surface area (Å²) in [5, 5.41) is 0. The Kier molecular flexibility index (Phi) is 4.81. The van der Waals surface area contributed by atoms with E-state index in [1.165, 1.54) is 12.1 Å². The van der Waals surface area contributed by atoms with Gasteiger partial charge in [-0.15, -0.1) is 0 Å². The van der Waals surface area contributed by atoms with Crippen molar-refractivity contribution in [3.63, 3.8) is 0 Å². The predicted molar refractivity (Wildman–Crippen MR) is 64.2 cm³/mol. The molecule has 0 aliphatic heterocycles. The van der Waals surface area contributed by atoms with E-state index >= 15 is 0 Å². The Hall–Kier alpha value is -0.160. The number of benzene rings is 1. The first-order valence-electron chi connectivity index (χ1n) is 4.60. The van der Waals surface area contributed by atoms with Crippen molar-refractivity contribution in [2.75, 3.05) is 4.43 Å². The van der Waals surface area contributed by atoms with Crippen molar-refractivity contribution in [2.45, 2.75) is 26.1 Å². The molecular weight excluding hydrogens is 294 g/mol. The molecule has 1 aromatic carbocycles. The first-order valence-corrected chi connectivity index (χ1v) is 6.13. The SMILES string of the molecule is CC(C)OC(CI)c1ccc(F)cc1. The molecule has 0 saturated heterocycles. The van der Waals surface area contributed by atoms with Crippen LogP contribution in [0.3, 0.4) is 0 Å². The summed E-state index contributed by atoms with van der Waals surface area (Å²) in [5.74, 6) is -0.203. The molecule has 0 heterocycles. The van der Waals surface area contributed by atoms with Gasteiger partial charge in [0.2, 0.25) is 0 Å². The normalized spacial score (nSPS) is 13.2. The topological polar surface area (TPSA) is 9.23 Å². The van der Waals surface area contributed by atoms with Gasteiger partial charge in [-0.1, -0.05) is 34.7 Å². The highest BCUT2D eigenvalue weighted by Crippen LogP contribution is 2.21. The molecule has 78 valence electrons. The summed E-state index contributed by atoms with van der Waals surface area (Å²) in [4.78, 5) is 0. The van der Waals surface area contributed by atoms with E-state index in [0.29, 0.717) is 0 Å². The smallest absolute Gasteiger partial charge is 0.123 e. The largest absolute Gasteiger partial charge is 0.370 e. The van der Waals surface area contributed by atoms with Gasteiger partial charge in [-0.3, -0.25) is 0 Å². The Bertz CT molecular complexity index is 271. The van der Waals surface area contributed by atoms with E-state index in [9.17, 15) is 4.39 Å². The average molecular weight is 308 g/mol. The Morgan fingerprint density at radius 2 is 1.86 bits per heavy atom. The van der Waals surface area contributed by atoms with Crippen LogP contribution in [0.2, 0.25) is 0 Å². The van der Waals surface area contributed by atoms with Crippen molar-refractivity contribution in [1.29, 1.82) is 0 Å². The molecule has 3 heteroatoms. The Balaban J connectivity index is 2.73. The van der Waals surface area contributed by atoms with Crippen molar-refractivity contribution in [3.05, 3.63) is 35.6 Å². The van der Waals surface area contributed by atoms with Gasteiger partial charge in [0, 0.05) is 4.43 Å². The second-order valence-corrected chi connectivity index (χ2v) is 4.26. The van der Waals surface area contributed by atoms with Gasteiger partial charge in [-0.25, -0.2) is 4.39 Å². The highest BCUT2D eigenvalue weighted by atomic mass is 127. The number of rotatable bonds is 4. The number of halogens is 2. The Labute approximate surface area is 97.8 Å². The molecule has 1 aromatic rings. The lowest BCUT2D eigenvalue weighted by Crippen LogP contribution is -2.11. The monoisotopic (exact) mass is 308 g/mol. The molecule has 0 spiro atoms. The third kappa shape index (κ3) is 3.53. The predicted octanol–water partition coefficient (Wildman–Crippen LogP) is 3.73. The molecule has 0 saturated carbocycles. The molecule has 0 N–H and O–H groups in total. The quantitative estimate of drug-likeness (QED) is 0.608. The van der Waals surface area contributed by atoms with Crippen LogP contribution < -0.4 is 0 Å². The maximum atomic E-state index is 12.7.